The number of carbonyl (C=O) groups excluding carboxylic acids is 1. The topological polar surface area (TPSA) is 91.8 Å². The number of nitrogens with zero attached hydrogens (tertiary/aromatic N) is 3. The van der Waals surface area contributed by atoms with Gasteiger partial charge in [0.25, 0.3) is 0 Å². The molecule has 1 aromatic carbocycles. The number of nitrogens with two attached hydrogens (primary N) is 1. The van der Waals surface area contributed by atoms with Gasteiger partial charge < -0.3 is 10.8 Å². The maximum absolute atomic E-state index is 13.2. The zero-order valence-electron chi connectivity index (χ0n) is 17.6. The van der Waals surface area contributed by atoms with E-state index in [1.54, 1.807) is 23.4 Å². The molecule has 2 heterocycles. The summed E-state index contributed by atoms with van der Waals surface area (Å²) in [4.78, 5) is 23.7. The Morgan fingerprint density at radius 2 is 2.03 bits per heavy atom. The summed E-state index contributed by atoms with van der Waals surface area (Å²) < 4.78 is 0. The van der Waals surface area contributed by atoms with E-state index >= 15 is 0 Å². The van der Waals surface area contributed by atoms with Gasteiger partial charge in [-0.25, -0.2) is 4.99 Å². The lowest BCUT2D eigenvalue weighted by Gasteiger charge is -2.42. The minimum absolute atomic E-state index is 0.0430. The molecule has 31 heavy (non-hydrogen) atoms. The van der Waals surface area contributed by atoms with Gasteiger partial charge in [-0.3, -0.25) is 14.7 Å². The van der Waals surface area contributed by atoms with Gasteiger partial charge in [0.1, 0.15) is 0 Å². The van der Waals surface area contributed by atoms with Crippen molar-refractivity contribution in [3.63, 3.8) is 0 Å². The van der Waals surface area contributed by atoms with Crippen molar-refractivity contribution in [3.05, 3.63) is 52.3 Å². The Balaban J connectivity index is 1.69. The lowest BCUT2D eigenvalue weighted by molar-refractivity contribution is -0.132. The number of carbonyl (C=O) groups is 1. The minimum atomic E-state index is -0.878. The number of hydrogen-bond donors (Lipinski definition) is 2. The van der Waals surface area contributed by atoms with Crippen molar-refractivity contribution >= 4 is 35.1 Å². The van der Waals surface area contributed by atoms with E-state index in [-0.39, 0.29) is 36.4 Å². The third-order valence-corrected chi connectivity index (χ3v) is 7.04. The highest BCUT2D eigenvalue weighted by atomic mass is 35.5. The number of amides is 1. The molecule has 1 aliphatic carbocycles. The predicted molar refractivity (Wildman–Crippen MR) is 123 cm³/mol. The molecule has 1 aliphatic heterocycles. The van der Waals surface area contributed by atoms with Gasteiger partial charge in [0.05, 0.1) is 28.1 Å². The first-order chi connectivity index (χ1) is 14.7. The van der Waals surface area contributed by atoms with Crippen LogP contribution < -0.4 is 5.73 Å². The normalized spacial score (nSPS) is 29.1. The summed E-state index contributed by atoms with van der Waals surface area (Å²) in [6.07, 6.45) is 5.17. The molecule has 1 amide bonds. The average molecular weight is 461 g/mol. The molecule has 4 rings (SSSR count). The Morgan fingerprint density at radius 1 is 1.26 bits per heavy atom. The van der Waals surface area contributed by atoms with E-state index in [9.17, 15) is 9.90 Å². The Kier molecular flexibility index (Phi) is 5.99. The van der Waals surface area contributed by atoms with Crippen LogP contribution in [0.25, 0.3) is 11.1 Å². The Labute approximate surface area is 192 Å². The molecule has 1 saturated carbocycles. The quantitative estimate of drug-likeness (QED) is 0.710. The summed E-state index contributed by atoms with van der Waals surface area (Å²) in [5.41, 5.74) is 7.75. The highest BCUT2D eigenvalue weighted by Crippen LogP contribution is 2.42. The van der Waals surface area contributed by atoms with E-state index in [1.807, 2.05) is 32.0 Å². The second-order valence-corrected chi connectivity index (χ2v) is 9.57. The number of aliphatic imine (C=N–C) groups is 1. The van der Waals surface area contributed by atoms with Crippen LogP contribution in [0.2, 0.25) is 10.0 Å². The van der Waals surface area contributed by atoms with Crippen molar-refractivity contribution < 1.29 is 9.90 Å². The van der Waals surface area contributed by atoms with Crippen molar-refractivity contribution in [2.45, 2.75) is 57.2 Å². The van der Waals surface area contributed by atoms with Gasteiger partial charge in [-0.2, -0.15) is 0 Å². The third kappa shape index (κ3) is 4.16. The average Bonchev–Trinajstić information content (AvgIpc) is 2.70. The lowest BCUT2D eigenvalue weighted by atomic mass is 9.82. The second kappa shape index (κ2) is 8.41. The SMILES string of the molecule is C[C@@H]1C[C@H](N2C(=O)C[C@@](C)(c3cccc(-c4cncc(Cl)c4)c3Cl)N=C2N)CC[C@@H]1O. The molecular weight excluding hydrogens is 435 g/mol. The summed E-state index contributed by atoms with van der Waals surface area (Å²) in [6, 6.07) is 7.41. The number of aliphatic hydroxyl groups is 1. The zero-order chi connectivity index (χ0) is 22.3. The highest BCUT2D eigenvalue weighted by molar-refractivity contribution is 6.34. The molecule has 3 N–H and O–H groups in total. The number of guanidine groups is 1. The van der Waals surface area contributed by atoms with E-state index in [0.29, 0.717) is 29.3 Å². The second-order valence-electron chi connectivity index (χ2n) is 8.75. The smallest absolute Gasteiger partial charge is 0.232 e. The van der Waals surface area contributed by atoms with Crippen molar-refractivity contribution in [2.24, 2.45) is 16.6 Å². The van der Waals surface area contributed by atoms with Gasteiger partial charge in [-0.05, 0) is 43.7 Å². The van der Waals surface area contributed by atoms with E-state index in [0.717, 1.165) is 16.7 Å². The van der Waals surface area contributed by atoms with Crippen molar-refractivity contribution in [2.75, 3.05) is 0 Å². The number of hydrogen-bond acceptors (Lipinski definition) is 5. The largest absolute Gasteiger partial charge is 0.393 e. The van der Waals surface area contributed by atoms with Gasteiger partial charge in [0, 0.05) is 29.6 Å². The van der Waals surface area contributed by atoms with Gasteiger partial charge in [0.15, 0.2) is 5.96 Å². The van der Waals surface area contributed by atoms with Crippen LogP contribution in [0.15, 0.2) is 41.7 Å². The first-order valence-corrected chi connectivity index (χ1v) is 11.2. The van der Waals surface area contributed by atoms with E-state index in [2.05, 4.69) is 4.98 Å². The predicted octanol–water partition coefficient (Wildman–Crippen LogP) is 4.37. The van der Waals surface area contributed by atoms with Crippen molar-refractivity contribution in [3.8, 4) is 11.1 Å². The Bertz CT molecular complexity index is 1040. The summed E-state index contributed by atoms with van der Waals surface area (Å²) in [5.74, 6) is 0.248. The Hall–Kier alpha value is -2.15. The van der Waals surface area contributed by atoms with Gasteiger partial charge in [-0.15, -0.1) is 0 Å². The molecule has 2 aromatic rings. The first-order valence-electron chi connectivity index (χ1n) is 10.4. The number of aliphatic hydroxyl groups excluding tert-OH is 1. The molecule has 8 heteroatoms. The molecule has 0 spiro atoms. The number of rotatable bonds is 3. The molecule has 1 aromatic heterocycles. The molecule has 4 atom stereocenters. The first kappa shape index (κ1) is 22.1. The summed E-state index contributed by atoms with van der Waals surface area (Å²) in [5, 5.41) is 11.1. The third-order valence-electron chi connectivity index (χ3n) is 6.43. The molecule has 0 unspecified atom stereocenters. The molecular formula is C23H26Cl2N4O2. The fourth-order valence-corrected chi connectivity index (χ4v) is 5.33. The number of pyridine rings is 1. The van der Waals surface area contributed by atoms with Crippen LogP contribution in [0, 0.1) is 5.92 Å². The van der Waals surface area contributed by atoms with Crippen LogP contribution in [0.5, 0.6) is 0 Å². The van der Waals surface area contributed by atoms with E-state index < -0.39 is 5.54 Å². The number of aromatic nitrogens is 1. The van der Waals surface area contributed by atoms with Gasteiger partial charge in [0.2, 0.25) is 5.91 Å². The monoisotopic (exact) mass is 460 g/mol. The van der Waals surface area contributed by atoms with Gasteiger partial charge in [-0.1, -0.05) is 48.3 Å². The highest BCUT2D eigenvalue weighted by Gasteiger charge is 2.43. The van der Waals surface area contributed by atoms with Crippen LogP contribution in [-0.2, 0) is 10.3 Å². The van der Waals surface area contributed by atoms with Crippen LogP contribution in [0.4, 0.5) is 0 Å². The summed E-state index contributed by atoms with van der Waals surface area (Å²) >= 11 is 12.9. The van der Waals surface area contributed by atoms with Crippen LogP contribution in [0.1, 0.15) is 45.1 Å². The lowest BCUT2D eigenvalue weighted by Crippen LogP contribution is -2.56. The maximum atomic E-state index is 13.2. The van der Waals surface area contributed by atoms with Crippen LogP contribution >= 0.6 is 23.2 Å². The van der Waals surface area contributed by atoms with Gasteiger partial charge >= 0.3 is 0 Å². The molecule has 0 saturated heterocycles. The molecule has 1 fully saturated rings. The zero-order valence-corrected chi connectivity index (χ0v) is 19.1. The number of halogens is 2. The summed E-state index contributed by atoms with van der Waals surface area (Å²) in [7, 11) is 0. The van der Waals surface area contributed by atoms with Crippen molar-refractivity contribution in [1.29, 1.82) is 0 Å². The van der Waals surface area contributed by atoms with E-state index in [1.165, 1.54) is 0 Å². The molecule has 2 aliphatic rings. The van der Waals surface area contributed by atoms with Crippen LogP contribution in [-0.4, -0.2) is 39.0 Å². The maximum Gasteiger partial charge on any atom is 0.232 e. The fourth-order valence-electron chi connectivity index (χ4n) is 4.72. The molecule has 164 valence electrons. The molecule has 0 bridgehead atoms. The molecule has 6 nitrogen and oxygen atoms in total. The Morgan fingerprint density at radius 3 is 2.71 bits per heavy atom. The van der Waals surface area contributed by atoms with Crippen molar-refractivity contribution in [1.82, 2.24) is 9.88 Å². The van der Waals surface area contributed by atoms with Crippen LogP contribution in [0.3, 0.4) is 0 Å². The standard InChI is InChI=1S/C23H26Cl2N4O2/c1-13-8-16(6-7-19(13)30)29-20(31)10-23(2,28-22(29)26)18-5-3-4-17(21(18)25)14-9-15(24)12-27-11-14/h3-5,9,11-13,16,19,30H,6-8,10H2,1-2H3,(H2,26,28)/t13-,16-,19+,23+/m1/s1. The fraction of sp³-hybridized carbons (Fsp3) is 0.435. The molecule has 0 radical (unpaired) electrons. The van der Waals surface area contributed by atoms with E-state index in [4.69, 9.17) is 33.9 Å². The minimum Gasteiger partial charge on any atom is -0.393 e. The summed E-state index contributed by atoms with van der Waals surface area (Å²) in [6.45, 7) is 3.88. The number of benzene rings is 1.